The number of carbonyl (C=O) groups is 2. The number of carbonyl (C=O) groups excluding carboxylic acids is 1. The van der Waals surface area contributed by atoms with Gasteiger partial charge in [-0.05, 0) is 25.5 Å². The molecule has 1 unspecified atom stereocenters. The van der Waals surface area contributed by atoms with Crippen LogP contribution in [-0.2, 0) is 4.79 Å². The maximum absolute atomic E-state index is 12.1. The summed E-state index contributed by atoms with van der Waals surface area (Å²) in [5, 5.41) is 9.74. The first-order chi connectivity index (χ1) is 8.91. The summed E-state index contributed by atoms with van der Waals surface area (Å²) in [4.78, 5) is 24.2. The highest BCUT2D eigenvalue weighted by atomic mass is 16.4. The summed E-state index contributed by atoms with van der Waals surface area (Å²) in [6.45, 7) is 3.35. The van der Waals surface area contributed by atoms with Crippen LogP contribution in [0.5, 0.6) is 0 Å². The summed E-state index contributed by atoms with van der Waals surface area (Å²) in [5.41, 5.74) is 1.59. The number of carboxylic acid groups (broad SMARTS) is 1. The molecule has 5 heteroatoms. The molecule has 0 aliphatic rings. The van der Waals surface area contributed by atoms with Crippen LogP contribution in [0, 0.1) is 6.92 Å². The van der Waals surface area contributed by atoms with E-state index in [9.17, 15) is 9.59 Å². The monoisotopic (exact) mass is 261 g/mol. The van der Waals surface area contributed by atoms with Crippen molar-refractivity contribution in [2.24, 2.45) is 0 Å². The molecule has 5 nitrogen and oxygen atoms in total. The molecule has 19 heavy (non-hydrogen) atoms. The number of fused-ring (bicyclic) bond motifs is 1. The van der Waals surface area contributed by atoms with Crippen LogP contribution in [0.3, 0.4) is 0 Å². The zero-order valence-corrected chi connectivity index (χ0v) is 11.0. The smallest absolute Gasteiger partial charge is 0.326 e. The molecule has 100 valence electrons. The lowest BCUT2D eigenvalue weighted by Gasteiger charge is -2.19. The van der Waals surface area contributed by atoms with Crippen LogP contribution in [0.15, 0.2) is 28.7 Å². The van der Waals surface area contributed by atoms with Gasteiger partial charge in [-0.3, -0.25) is 4.79 Å². The second-order valence-corrected chi connectivity index (χ2v) is 4.53. The average Bonchev–Trinajstić information content (AvgIpc) is 2.81. The molecule has 1 aromatic heterocycles. The van der Waals surface area contributed by atoms with E-state index < -0.39 is 17.9 Å². The third-order valence-electron chi connectivity index (χ3n) is 3.21. The van der Waals surface area contributed by atoms with E-state index in [0.717, 1.165) is 15.8 Å². The predicted molar refractivity (Wildman–Crippen MR) is 70.1 cm³/mol. The zero-order chi connectivity index (χ0) is 14.2. The van der Waals surface area contributed by atoms with Crippen LogP contribution in [0.1, 0.15) is 23.0 Å². The fraction of sp³-hybridized carbons (Fsp3) is 0.286. The van der Waals surface area contributed by atoms with Crippen molar-refractivity contribution in [1.29, 1.82) is 0 Å². The minimum absolute atomic E-state index is 0.153. The minimum Gasteiger partial charge on any atom is -0.480 e. The lowest BCUT2D eigenvalue weighted by Crippen LogP contribution is -2.40. The van der Waals surface area contributed by atoms with E-state index in [1.807, 2.05) is 25.1 Å². The van der Waals surface area contributed by atoms with Crippen molar-refractivity contribution in [2.45, 2.75) is 19.9 Å². The average molecular weight is 261 g/mol. The van der Waals surface area contributed by atoms with Crippen molar-refractivity contribution in [1.82, 2.24) is 4.90 Å². The zero-order valence-electron chi connectivity index (χ0n) is 11.0. The van der Waals surface area contributed by atoms with E-state index in [0.29, 0.717) is 5.58 Å². The van der Waals surface area contributed by atoms with Crippen LogP contribution in [-0.4, -0.2) is 35.0 Å². The van der Waals surface area contributed by atoms with Gasteiger partial charge >= 0.3 is 5.97 Å². The number of aliphatic carboxylic acids is 1. The van der Waals surface area contributed by atoms with Gasteiger partial charge in [-0.15, -0.1) is 0 Å². The third-order valence-corrected chi connectivity index (χ3v) is 3.21. The predicted octanol–water partition coefficient (Wildman–Crippen LogP) is 2.29. The van der Waals surface area contributed by atoms with Gasteiger partial charge < -0.3 is 14.4 Å². The number of para-hydroxylation sites is 1. The highest BCUT2D eigenvalue weighted by Gasteiger charge is 2.25. The van der Waals surface area contributed by atoms with Gasteiger partial charge in [0.1, 0.15) is 11.6 Å². The van der Waals surface area contributed by atoms with Crippen molar-refractivity contribution in [3.8, 4) is 0 Å². The quantitative estimate of drug-likeness (QED) is 0.920. The van der Waals surface area contributed by atoms with Gasteiger partial charge in [-0.1, -0.05) is 18.2 Å². The van der Waals surface area contributed by atoms with Gasteiger partial charge in [0.25, 0.3) is 5.91 Å². The Morgan fingerprint density at radius 1 is 1.37 bits per heavy atom. The van der Waals surface area contributed by atoms with E-state index in [4.69, 9.17) is 9.52 Å². The summed E-state index contributed by atoms with van der Waals surface area (Å²) in [6.07, 6.45) is 0. The summed E-state index contributed by atoms with van der Waals surface area (Å²) < 4.78 is 5.53. The number of carboxylic acids is 1. The van der Waals surface area contributed by atoms with Crippen LogP contribution in [0.2, 0.25) is 0 Å². The first-order valence-corrected chi connectivity index (χ1v) is 5.91. The highest BCUT2D eigenvalue weighted by Crippen LogP contribution is 2.23. The molecule has 0 bridgehead atoms. The molecule has 1 atom stereocenters. The van der Waals surface area contributed by atoms with Gasteiger partial charge in [-0.2, -0.15) is 0 Å². The van der Waals surface area contributed by atoms with E-state index >= 15 is 0 Å². The number of rotatable bonds is 3. The van der Waals surface area contributed by atoms with Gasteiger partial charge in [0.15, 0.2) is 5.76 Å². The number of hydrogen-bond acceptors (Lipinski definition) is 3. The van der Waals surface area contributed by atoms with E-state index in [1.165, 1.54) is 14.0 Å². The summed E-state index contributed by atoms with van der Waals surface area (Å²) in [6, 6.07) is 6.36. The van der Waals surface area contributed by atoms with Crippen molar-refractivity contribution in [3.05, 3.63) is 35.6 Å². The van der Waals surface area contributed by atoms with Gasteiger partial charge in [-0.25, -0.2) is 4.79 Å². The van der Waals surface area contributed by atoms with Crippen molar-refractivity contribution >= 4 is 22.8 Å². The van der Waals surface area contributed by atoms with Gasteiger partial charge in [0, 0.05) is 12.4 Å². The van der Waals surface area contributed by atoms with Gasteiger partial charge in [0.05, 0.1) is 0 Å². The standard InChI is InChI=1S/C14H15NO4/c1-8-5-4-6-10-7-11(19-12(8)10)13(16)15(3)9(2)14(17)18/h4-7,9H,1-3H3,(H,17,18). The highest BCUT2D eigenvalue weighted by molar-refractivity contribution is 5.98. The molecular weight excluding hydrogens is 246 g/mol. The molecule has 1 heterocycles. The first-order valence-electron chi connectivity index (χ1n) is 5.91. The van der Waals surface area contributed by atoms with Gasteiger partial charge in [0.2, 0.25) is 0 Å². The number of hydrogen-bond donors (Lipinski definition) is 1. The molecular formula is C14H15NO4. The number of likely N-dealkylation sites (N-methyl/N-ethyl adjacent to an activating group) is 1. The molecule has 0 saturated carbocycles. The second-order valence-electron chi connectivity index (χ2n) is 4.53. The number of benzene rings is 1. The molecule has 2 aromatic rings. The van der Waals surface area contributed by atoms with E-state index in [1.54, 1.807) is 6.07 Å². The second kappa shape index (κ2) is 4.76. The Morgan fingerprint density at radius 3 is 2.63 bits per heavy atom. The Balaban J connectivity index is 2.37. The van der Waals surface area contributed by atoms with Crippen LogP contribution in [0.4, 0.5) is 0 Å². The van der Waals surface area contributed by atoms with Crippen molar-refractivity contribution < 1.29 is 19.1 Å². The lowest BCUT2D eigenvalue weighted by atomic mass is 10.2. The summed E-state index contributed by atoms with van der Waals surface area (Å²) in [7, 11) is 1.45. The molecule has 0 radical (unpaired) electrons. The molecule has 1 amide bonds. The topological polar surface area (TPSA) is 70.8 Å². The fourth-order valence-corrected chi connectivity index (χ4v) is 1.83. The Morgan fingerprint density at radius 2 is 2.05 bits per heavy atom. The molecule has 1 N–H and O–H groups in total. The number of nitrogens with zero attached hydrogens (tertiary/aromatic N) is 1. The maximum atomic E-state index is 12.1. The fourth-order valence-electron chi connectivity index (χ4n) is 1.83. The third kappa shape index (κ3) is 2.31. The van der Waals surface area contributed by atoms with Crippen LogP contribution >= 0.6 is 0 Å². The van der Waals surface area contributed by atoms with E-state index in [2.05, 4.69) is 0 Å². The number of aryl methyl sites for hydroxylation is 1. The maximum Gasteiger partial charge on any atom is 0.326 e. The Kier molecular flexibility index (Phi) is 3.29. The van der Waals surface area contributed by atoms with Crippen molar-refractivity contribution in [3.63, 3.8) is 0 Å². The Hall–Kier alpha value is -2.30. The molecule has 2 rings (SSSR count). The first kappa shape index (κ1) is 13.1. The lowest BCUT2D eigenvalue weighted by molar-refractivity contribution is -0.141. The molecule has 0 aliphatic carbocycles. The Bertz CT molecular complexity index is 644. The number of furan rings is 1. The normalized spacial score (nSPS) is 12.4. The molecule has 0 aliphatic heterocycles. The SMILES string of the molecule is Cc1cccc2cc(C(=O)N(C)C(C)C(=O)O)oc12. The van der Waals surface area contributed by atoms with Crippen LogP contribution < -0.4 is 0 Å². The molecule has 0 saturated heterocycles. The molecule has 0 spiro atoms. The summed E-state index contributed by atoms with van der Waals surface area (Å²) in [5.74, 6) is -1.34. The Labute approximate surface area is 110 Å². The minimum atomic E-state index is -1.05. The summed E-state index contributed by atoms with van der Waals surface area (Å²) >= 11 is 0. The van der Waals surface area contributed by atoms with Crippen molar-refractivity contribution in [2.75, 3.05) is 7.05 Å². The largest absolute Gasteiger partial charge is 0.480 e. The van der Waals surface area contributed by atoms with Crippen LogP contribution in [0.25, 0.3) is 11.0 Å². The molecule has 1 aromatic carbocycles. The molecule has 0 fully saturated rings. The number of amides is 1. The van der Waals surface area contributed by atoms with E-state index in [-0.39, 0.29) is 5.76 Å².